The molecule has 1 aromatic rings. The molecule has 0 radical (unpaired) electrons. The molecule has 0 aromatic heterocycles. The van der Waals surface area contributed by atoms with Crippen LogP contribution in [0.1, 0.15) is 25.7 Å². The molecule has 2 aliphatic carbocycles. The molecule has 1 heteroatoms. The fourth-order valence-electron chi connectivity index (χ4n) is 1.55. The SMILES string of the molecule is C1CC1C1CC1.Clc1ccccc1. The maximum Gasteiger partial charge on any atom is 0.0405 e. The first-order valence-corrected chi connectivity index (χ1v) is 5.44. The molecule has 0 aliphatic heterocycles. The van der Waals surface area contributed by atoms with Gasteiger partial charge in [-0.2, -0.15) is 0 Å². The summed E-state index contributed by atoms with van der Waals surface area (Å²) >= 11 is 5.54. The second-order valence-corrected chi connectivity index (χ2v) is 4.41. The van der Waals surface area contributed by atoms with E-state index in [4.69, 9.17) is 11.6 Å². The van der Waals surface area contributed by atoms with Crippen LogP contribution in [0.5, 0.6) is 0 Å². The van der Waals surface area contributed by atoms with Gasteiger partial charge in [-0.25, -0.2) is 0 Å². The average Bonchev–Trinajstić information content (AvgIpc) is 3.00. The van der Waals surface area contributed by atoms with Gasteiger partial charge in [0, 0.05) is 5.02 Å². The summed E-state index contributed by atoms with van der Waals surface area (Å²) in [5.74, 6) is 2.43. The number of hydrogen-bond donors (Lipinski definition) is 0. The first kappa shape index (κ1) is 9.08. The van der Waals surface area contributed by atoms with Crippen LogP contribution in [0.3, 0.4) is 0 Å². The van der Waals surface area contributed by atoms with Crippen LogP contribution >= 0.6 is 11.6 Å². The van der Waals surface area contributed by atoms with Crippen molar-refractivity contribution < 1.29 is 0 Å². The topological polar surface area (TPSA) is 0 Å². The molecule has 70 valence electrons. The molecule has 0 bridgehead atoms. The van der Waals surface area contributed by atoms with Crippen LogP contribution in [-0.2, 0) is 0 Å². The molecule has 0 amide bonds. The van der Waals surface area contributed by atoms with Crippen molar-refractivity contribution >= 4 is 11.6 Å². The van der Waals surface area contributed by atoms with Crippen molar-refractivity contribution in [3.8, 4) is 0 Å². The zero-order valence-electron chi connectivity index (χ0n) is 7.75. The van der Waals surface area contributed by atoms with Crippen LogP contribution in [0, 0.1) is 11.8 Å². The van der Waals surface area contributed by atoms with Crippen molar-refractivity contribution in [2.75, 3.05) is 0 Å². The lowest BCUT2D eigenvalue weighted by molar-refractivity contribution is 0.716. The highest BCUT2D eigenvalue weighted by atomic mass is 35.5. The van der Waals surface area contributed by atoms with Crippen molar-refractivity contribution in [2.45, 2.75) is 25.7 Å². The molecule has 0 saturated heterocycles. The second-order valence-electron chi connectivity index (χ2n) is 3.97. The van der Waals surface area contributed by atoms with E-state index in [0.29, 0.717) is 0 Å². The van der Waals surface area contributed by atoms with Gasteiger partial charge in [0.1, 0.15) is 0 Å². The van der Waals surface area contributed by atoms with E-state index in [0.717, 1.165) is 5.02 Å². The Morgan fingerprint density at radius 2 is 1.31 bits per heavy atom. The van der Waals surface area contributed by atoms with E-state index in [1.54, 1.807) is 25.7 Å². The van der Waals surface area contributed by atoms with Gasteiger partial charge in [-0.15, -0.1) is 0 Å². The van der Waals surface area contributed by atoms with Gasteiger partial charge in [0.15, 0.2) is 0 Å². The number of hydrogen-bond acceptors (Lipinski definition) is 0. The Labute approximate surface area is 84.9 Å². The second kappa shape index (κ2) is 4.15. The first-order valence-electron chi connectivity index (χ1n) is 5.07. The summed E-state index contributed by atoms with van der Waals surface area (Å²) in [7, 11) is 0. The monoisotopic (exact) mass is 194 g/mol. The first-order chi connectivity index (χ1) is 6.36. The maximum atomic E-state index is 5.54. The lowest BCUT2D eigenvalue weighted by Gasteiger charge is -1.80. The maximum absolute atomic E-state index is 5.54. The van der Waals surface area contributed by atoms with E-state index >= 15 is 0 Å². The molecule has 0 atom stereocenters. The van der Waals surface area contributed by atoms with Gasteiger partial charge in [-0.1, -0.05) is 29.8 Å². The quantitative estimate of drug-likeness (QED) is 0.630. The molecule has 3 rings (SSSR count). The van der Waals surface area contributed by atoms with E-state index in [9.17, 15) is 0 Å². The third kappa shape index (κ3) is 3.40. The van der Waals surface area contributed by atoms with E-state index in [2.05, 4.69) is 0 Å². The lowest BCUT2D eigenvalue weighted by atomic mass is 10.3. The van der Waals surface area contributed by atoms with Gasteiger partial charge in [-0.3, -0.25) is 0 Å². The third-order valence-electron chi connectivity index (χ3n) is 2.64. The molecular weight excluding hydrogens is 180 g/mol. The summed E-state index contributed by atoms with van der Waals surface area (Å²) in [4.78, 5) is 0. The summed E-state index contributed by atoms with van der Waals surface area (Å²) in [5.41, 5.74) is 0. The summed E-state index contributed by atoms with van der Waals surface area (Å²) < 4.78 is 0. The summed E-state index contributed by atoms with van der Waals surface area (Å²) in [6.45, 7) is 0. The molecule has 2 saturated carbocycles. The summed E-state index contributed by atoms with van der Waals surface area (Å²) in [5, 5.41) is 0.794. The smallest absolute Gasteiger partial charge is 0.0405 e. The van der Waals surface area contributed by atoms with Crippen molar-refractivity contribution in [3.05, 3.63) is 35.4 Å². The van der Waals surface area contributed by atoms with Crippen LogP contribution in [0.2, 0.25) is 5.02 Å². The molecule has 0 nitrogen and oxygen atoms in total. The van der Waals surface area contributed by atoms with E-state index in [-0.39, 0.29) is 0 Å². The normalized spacial score (nSPS) is 20.4. The Kier molecular flexibility index (Phi) is 2.90. The van der Waals surface area contributed by atoms with E-state index in [1.807, 2.05) is 30.3 Å². The molecule has 0 heterocycles. The van der Waals surface area contributed by atoms with Crippen LogP contribution < -0.4 is 0 Å². The number of rotatable bonds is 1. The number of halogens is 1. The predicted octanol–water partition coefficient (Wildman–Crippen LogP) is 4.15. The minimum Gasteiger partial charge on any atom is -0.0843 e. The predicted molar refractivity (Wildman–Crippen MR) is 56.9 cm³/mol. The highest BCUT2D eigenvalue weighted by Crippen LogP contribution is 2.49. The summed E-state index contributed by atoms with van der Waals surface area (Å²) in [6, 6.07) is 9.44. The van der Waals surface area contributed by atoms with Crippen LogP contribution in [0.15, 0.2) is 30.3 Å². The van der Waals surface area contributed by atoms with Gasteiger partial charge in [0.2, 0.25) is 0 Å². The minimum atomic E-state index is 0.794. The zero-order chi connectivity index (χ0) is 9.10. The Hall–Kier alpha value is -0.490. The number of benzene rings is 1. The van der Waals surface area contributed by atoms with Gasteiger partial charge in [0.05, 0.1) is 0 Å². The molecule has 2 fully saturated rings. The van der Waals surface area contributed by atoms with Crippen LogP contribution in [0.4, 0.5) is 0 Å². The highest BCUT2D eigenvalue weighted by Gasteiger charge is 2.37. The summed E-state index contributed by atoms with van der Waals surface area (Å²) in [6.07, 6.45) is 6.24. The Bertz CT molecular complexity index is 237. The zero-order valence-corrected chi connectivity index (χ0v) is 8.50. The van der Waals surface area contributed by atoms with Gasteiger partial charge in [0.25, 0.3) is 0 Å². The Morgan fingerprint density at radius 1 is 0.846 bits per heavy atom. The van der Waals surface area contributed by atoms with Crippen LogP contribution in [-0.4, -0.2) is 0 Å². The fourth-order valence-corrected chi connectivity index (χ4v) is 1.70. The van der Waals surface area contributed by atoms with Gasteiger partial charge < -0.3 is 0 Å². The average molecular weight is 195 g/mol. The van der Waals surface area contributed by atoms with Crippen molar-refractivity contribution in [3.63, 3.8) is 0 Å². The lowest BCUT2D eigenvalue weighted by Crippen LogP contribution is -1.70. The molecule has 2 aliphatic rings. The van der Waals surface area contributed by atoms with Crippen LogP contribution in [0.25, 0.3) is 0 Å². The van der Waals surface area contributed by atoms with E-state index in [1.165, 1.54) is 11.8 Å². The third-order valence-corrected chi connectivity index (χ3v) is 2.90. The largest absolute Gasteiger partial charge is 0.0843 e. The standard InChI is InChI=1S/C6H5Cl.C6H10/c7-6-4-2-1-3-5-6;1-2-5(1)6-3-4-6/h1-5H;5-6H,1-4H2. The molecule has 0 unspecified atom stereocenters. The fraction of sp³-hybridized carbons (Fsp3) is 0.500. The van der Waals surface area contributed by atoms with E-state index < -0.39 is 0 Å². The molecule has 0 N–H and O–H groups in total. The minimum absolute atomic E-state index is 0.794. The Morgan fingerprint density at radius 3 is 1.54 bits per heavy atom. The van der Waals surface area contributed by atoms with Gasteiger partial charge >= 0.3 is 0 Å². The van der Waals surface area contributed by atoms with Crippen molar-refractivity contribution in [2.24, 2.45) is 11.8 Å². The molecule has 0 spiro atoms. The highest BCUT2D eigenvalue weighted by molar-refractivity contribution is 6.30. The van der Waals surface area contributed by atoms with Crippen molar-refractivity contribution in [1.82, 2.24) is 0 Å². The Balaban J connectivity index is 0.000000101. The molecule has 1 aromatic carbocycles. The molecular formula is C12H15Cl. The molecule has 13 heavy (non-hydrogen) atoms. The van der Waals surface area contributed by atoms with Gasteiger partial charge in [-0.05, 0) is 49.7 Å². The van der Waals surface area contributed by atoms with Crippen molar-refractivity contribution in [1.29, 1.82) is 0 Å².